The molecule has 0 bridgehead atoms. The normalized spacial score (nSPS) is 10.5. The van der Waals surface area contributed by atoms with Gasteiger partial charge < -0.3 is 10.3 Å². The number of nitrogens with two attached hydrogens (primary N) is 1. The maximum absolute atomic E-state index is 10.2. The van der Waals surface area contributed by atoms with Crippen molar-refractivity contribution in [2.75, 3.05) is 5.73 Å². The second-order valence-corrected chi connectivity index (χ2v) is 2.45. The number of fused-ring (bicyclic) bond motifs is 1. The lowest BCUT2D eigenvalue weighted by Gasteiger charge is -1.95. The van der Waals surface area contributed by atoms with E-state index in [-0.39, 0.29) is 6.54 Å². The van der Waals surface area contributed by atoms with Gasteiger partial charge in [-0.25, -0.2) is 15.0 Å². The highest BCUT2D eigenvalue weighted by atomic mass is 16.1. The number of imidazole rings is 1. The Labute approximate surface area is 73.4 Å². The highest BCUT2D eigenvalue weighted by molar-refractivity contribution is 5.81. The van der Waals surface area contributed by atoms with Crippen molar-refractivity contribution < 1.29 is 4.79 Å². The molecule has 0 amide bonds. The number of carbonyl (C=O) groups excluding carboxylic acids is 1. The van der Waals surface area contributed by atoms with Crippen LogP contribution in [0, 0.1) is 0 Å². The quantitative estimate of drug-likeness (QED) is 0.667. The molecule has 0 aromatic carbocycles. The molecule has 13 heavy (non-hydrogen) atoms. The zero-order valence-corrected chi connectivity index (χ0v) is 6.64. The van der Waals surface area contributed by atoms with E-state index in [4.69, 9.17) is 5.73 Å². The summed E-state index contributed by atoms with van der Waals surface area (Å²) >= 11 is 0. The maximum atomic E-state index is 10.2. The summed E-state index contributed by atoms with van der Waals surface area (Å²) in [5.41, 5.74) is 6.60. The fraction of sp³-hybridized carbons (Fsp3) is 0.143. The predicted octanol–water partition coefficient (Wildman–Crippen LogP) is -0.482. The molecule has 0 aliphatic carbocycles. The lowest BCUT2D eigenvalue weighted by molar-refractivity contribution is 0.546. The Morgan fingerprint density at radius 2 is 2.31 bits per heavy atom. The second-order valence-electron chi connectivity index (χ2n) is 2.45. The Bertz CT molecular complexity index is 449. The van der Waals surface area contributed by atoms with Gasteiger partial charge in [-0.3, -0.25) is 4.79 Å². The van der Waals surface area contributed by atoms with E-state index in [1.54, 1.807) is 10.9 Å². The number of nitrogens with zero attached hydrogens (tertiary/aromatic N) is 4. The van der Waals surface area contributed by atoms with Crippen molar-refractivity contribution in [3.63, 3.8) is 0 Å². The van der Waals surface area contributed by atoms with Crippen LogP contribution in [0.15, 0.2) is 12.7 Å². The van der Waals surface area contributed by atoms with E-state index in [9.17, 15) is 4.79 Å². The van der Waals surface area contributed by atoms with Gasteiger partial charge in [0.2, 0.25) is 6.29 Å². The zero-order valence-electron chi connectivity index (χ0n) is 6.64. The van der Waals surface area contributed by atoms with Gasteiger partial charge in [0.15, 0.2) is 11.5 Å². The average molecular weight is 176 g/mol. The molecule has 0 atom stereocenters. The third kappa shape index (κ3) is 1.12. The molecule has 6 heteroatoms. The molecule has 6 nitrogen and oxygen atoms in total. The van der Waals surface area contributed by atoms with Crippen LogP contribution in [-0.2, 0) is 11.3 Å². The molecule has 65 valence electrons. The van der Waals surface area contributed by atoms with Crippen LogP contribution in [0.3, 0.4) is 0 Å². The number of hydrogen-bond acceptors (Lipinski definition) is 5. The van der Waals surface area contributed by atoms with Gasteiger partial charge in [0.05, 0.1) is 12.9 Å². The van der Waals surface area contributed by atoms with Crippen molar-refractivity contribution in [1.29, 1.82) is 0 Å². The highest BCUT2D eigenvalue weighted by Gasteiger charge is 2.06. The first-order valence-corrected chi connectivity index (χ1v) is 3.59. The van der Waals surface area contributed by atoms with Crippen LogP contribution in [0.1, 0.15) is 0 Å². The van der Waals surface area contributed by atoms with Crippen molar-refractivity contribution in [2.24, 2.45) is 0 Å². The van der Waals surface area contributed by atoms with E-state index in [1.807, 2.05) is 0 Å². The maximum Gasteiger partial charge on any atom is 0.220 e. The zero-order chi connectivity index (χ0) is 9.26. The summed E-state index contributed by atoms with van der Waals surface area (Å²) < 4.78 is 1.56. The smallest absolute Gasteiger partial charge is 0.220 e. The molecule has 0 spiro atoms. The fourth-order valence-corrected chi connectivity index (χ4v) is 1.08. The number of hydrogen-bond donors (Lipinski definition) is 1. The predicted molar refractivity (Wildman–Crippen MR) is 45.4 cm³/mol. The largest absolute Gasteiger partial charge is 0.382 e. The first-order valence-electron chi connectivity index (χ1n) is 3.59. The number of rotatable bonds is 2. The fourth-order valence-electron chi connectivity index (χ4n) is 1.08. The molecule has 0 aliphatic heterocycles. The topological polar surface area (TPSA) is 86.7 Å². The minimum Gasteiger partial charge on any atom is -0.382 e. The first-order chi connectivity index (χ1) is 6.33. The van der Waals surface area contributed by atoms with Crippen LogP contribution in [0.4, 0.5) is 5.82 Å². The molecule has 0 fully saturated rings. The van der Waals surface area contributed by atoms with Gasteiger partial charge in [-0.1, -0.05) is 0 Å². The van der Waals surface area contributed by atoms with Gasteiger partial charge in [0.1, 0.15) is 11.8 Å². The van der Waals surface area contributed by atoms with Crippen molar-refractivity contribution >= 4 is 23.3 Å². The summed E-state index contributed by atoms with van der Waals surface area (Å²) in [6.45, 7) is 0.104. The van der Waals surface area contributed by atoms with Gasteiger partial charge >= 0.3 is 0 Å². The van der Waals surface area contributed by atoms with E-state index in [1.165, 1.54) is 12.7 Å². The molecule has 2 N–H and O–H groups in total. The lowest BCUT2D eigenvalue weighted by atomic mass is 10.5. The van der Waals surface area contributed by atoms with E-state index in [0.717, 1.165) is 0 Å². The van der Waals surface area contributed by atoms with Crippen LogP contribution in [-0.4, -0.2) is 25.8 Å². The molecule has 0 saturated carbocycles. The summed E-state index contributed by atoms with van der Waals surface area (Å²) in [7, 11) is 0. The highest BCUT2D eigenvalue weighted by Crippen LogP contribution is 2.13. The summed E-state index contributed by atoms with van der Waals surface area (Å²) in [6, 6.07) is 0. The van der Waals surface area contributed by atoms with Crippen LogP contribution in [0.5, 0.6) is 0 Å². The molecule has 2 aromatic heterocycles. The summed E-state index contributed by atoms with van der Waals surface area (Å²) in [4.78, 5) is 21.8. The summed E-state index contributed by atoms with van der Waals surface area (Å²) in [5.74, 6) is 0.314. The third-order valence-electron chi connectivity index (χ3n) is 1.66. The number of aromatic nitrogens is 4. The van der Waals surface area contributed by atoms with Gasteiger partial charge in [-0.05, 0) is 0 Å². The minimum absolute atomic E-state index is 0.104. The van der Waals surface area contributed by atoms with Gasteiger partial charge in [0, 0.05) is 0 Å². The molecule has 1 radical (unpaired) electrons. The van der Waals surface area contributed by atoms with Gasteiger partial charge in [0.25, 0.3) is 0 Å². The molecule has 0 unspecified atom stereocenters. The Kier molecular flexibility index (Phi) is 1.66. The minimum atomic E-state index is 0.104. The Morgan fingerprint density at radius 1 is 1.46 bits per heavy atom. The Balaban J connectivity index is 2.67. The molecular formula is C7H6N5O. The summed E-state index contributed by atoms with van der Waals surface area (Å²) in [6.07, 6.45) is 4.57. The van der Waals surface area contributed by atoms with Crippen molar-refractivity contribution in [3.8, 4) is 0 Å². The SMILES string of the molecule is Nc1ncnc2c1ncn2C[C]=O. The van der Waals surface area contributed by atoms with Crippen molar-refractivity contribution in [1.82, 2.24) is 19.5 Å². The monoisotopic (exact) mass is 176 g/mol. The van der Waals surface area contributed by atoms with Gasteiger partial charge in [-0.2, -0.15) is 0 Å². The van der Waals surface area contributed by atoms with E-state index in [0.29, 0.717) is 17.0 Å². The standard InChI is InChI=1S/C7H6N5O/c8-6-5-7(10-3-9-6)12(1-2-13)4-11-5/h3-4H,1H2,(H2,8,9,10). The lowest BCUT2D eigenvalue weighted by Crippen LogP contribution is -1.99. The number of nitrogen functional groups attached to an aromatic ring is 1. The van der Waals surface area contributed by atoms with E-state index in [2.05, 4.69) is 15.0 Å². The van der Waals surface area contributed by atoms with E-state index >= 15 is 0 Å². The van der Waals surface area contributed by atoms with Crippen LogP contribution in [0.2, 0.25) is 0 Å². The van der Waals surface area contributed by atoms with Crippen LogP contribution >= 0.6 is 0 Å². The molecule has 2 heterocycles. The van der Waals surface area contributed by atoms with Crippen LogP contribution < -0.4 is 5.73 Å². The Hall–Kier alpha value is -1.98. The van der Waals surface area contributed by atoms with Crippen molar-refractivity contribution in [3.05, 3.63) is 12.7 Å². The molecule has 0 aliphatic rings. The molecule has 2 rings (SSSR count). The first kappa shape index (κ1) is 7.66. The summed E-state index contributed by atoms with van der Waals surface area (Å²) in [5, 5.41) is 0. The van der Waals surface area contributed by atoms with Crippen molar-refractivity contribution in [2.45, 2.75) is 6.54 Å². The van der Waals surface area contributed by atoms with E-state index < -0.39 is 0 Å². The molecule has 2 aromatic rings. The number of anilines is 1. The van der Waals surface area contributed by atoms with Gasteiger partial charge in [-0.15, -0.1) is 0 Å². The third-order valence-corrected chi connectivity index (χ3v) is 1.66. The average Bonchev–Trinajstić information content (AvgIpc) is 2.51. The Morgan fingerprint density at radius 3 is 3.08 bits per heavy atom. The second kappa shape index (κ2) is 2.81. The van der Waals surface area contributed by atoms with Crippen LogP contribution in [0.25, 0.3) is 11.2 Å². The molecule has 0 saturated heterocycles. The molecular weight excluding hydrogens is 170 g/mol.